The van der Waals surface area contributed by atoms with Gasteiger partial charge in [-0.05, 0) is 22.2 Å². The van der Waals surface area contributed by atoms with Crippen LogP contribution in [0.15, 0.2) is 18.5 Å². The molecule has 0 atom stereocenters. The Morgan fingerprint density at radius 1 is 1.00 bits per heavy atom. The van der Waals surface area contributed by atoms with Gasteiger partial charge >= 0.3 is 0 Å². The number of hydrogen-bond acceptors (Lipinski definition) is 4. The molecule has 0 aliphatic rings. The zero-order chi connectivity index (χ0) is 4.24. The molecule has 0 bridgehead atoms. The number of rotatable bonds is 0. The first-order chi connectivity index (χ1) is 3.00. The van der Waals surface area contributed by atoms with Gasteiger partial charge in [0.15, 0.2) is 0 Å². The van der Waals surface area contributed by atoms with Crippen molar-refractivity contribution in [2.75, 3.05) is 0 Å². The molecule has 0 saturated heterocycles. The zero-order valence-electron chi connectivity index (χ0n) is 3.78. The standard InChI is InChI=1S/C3H3N3.CH4.H3N.H4Si/c1-2-4-6-5-3-1;;;/h1-3H;1H4;1H3;1H4. The third kappa shape index (κ3) is 7.19. The predicted octanol–water partition coefficient (Wildman–Crippen LogP) is -0.782. The molecule has 0 aromatic carbocycles. The summed E-state index contributed by atoms with van der Waals surface area (Å²) in [5.74, 6) is 0. The number of hydrogen-bond donors (Lipinski definition) is 1. The number of aromatic nitrogens is 3. The van der Waals surface area contributed by atoms with Crippen LogP contribution >= 0.6 is 0 Å². The Balaban J connectivity index is -0.000000120. The van der Waals surface area contributed by atoms with Crippen molar-refractivity contribution in [2.45, 2.75) is 7.43 Å². The van der Waals surface area contributed by atoms with Crippen molar-refractivity contribution < 1.29 is 0 Å². The van der Waals surface area contributed by atoms with Gasteiger partial charge in [-0.3, -0.25) is 0 Å². The molecule has 54 valence electrons. The summed E-state index contributed by atoms with van der Waals surface area (Å²) in [5, 5.41) is 10.1. The maximum Gasteiger partial charge on any atom is 0.0529 e. The molecular formula is C4H14N4Si. The fraction of sp³-hybridized carbons (Fsp3) is 0.250. The van der Waals surface area contributed by atoms with Crippen LogP contribution in [0.2, 0.25) is 0 Å². The third-order valence-electron chi connectivity index (χ3n) is 0.409. The van der Waals surface area contributed by atoms with Crippen LogP contribution in [0.1, 0.15) is 7.43 Å². The van der Waals surface area contributed by atoms with Gasteiger partial charge in [0.2, 0.25) is 0 Å². The van der Waals surface area contributed by atoms with Crippen LogP contribution in [0.5, 0.6) is 0 Å². The van der Waals surface area contributed by atoms with Gasteiger partial charge in [0, 0.05) is 0 Å². The van der Waals surface area contributed by atoms with Crippen molar-refractivity contribution in [2.24, 2.45) is 0 Å². The molecule has 1 rings (SSSR count). The van der Waals surface area contributed by atoms with E-state index in [-0.39, 0.29) is 24.5 Å². The first-order valence-corrected chi connectivity index (χ1v) is 1.58. The molecule has 0 fully saturated rings. The molecule has 1 aromatic rings. The molecule has 0 aliphatic heterocycles. The third-order valence-corrected chi connectivity index (χ3v) is 0.409. The largest absolute Gasteiger partial charge is 0.344 e. The molecule has 4 nitrogen and oxygen atoms in total. The summed E-state index contributed by atoms with van der Waals surface area (Å²) in [6.45, 7) is 0. The van der Waals surface area contributed by atoms with Gasteiger partial charge in [-0.1, -0.05) is 7.43 Å². The maximum atomic E-state index is 3.42. The first kappa shape index (κ1) is 15.7. The van der Waals surface area contributed by atoms with E-state index in [0.717, 1.165) is 0 Å². The maximum absolute atomic E-state index is 3.42. The van der Waals surface area contributed by atoms with Gasteiger partial charge in [-0.25, -0.2) is 0 Å². The average molecular weight is 146 g/mol. The summed E-state index contributed by atoms with van der Waals surface area (Å²) in [7, 11) is 0. The predicted molar refractivity (Wildman–Crippen MR) is 42.9 cm³/mol. The Morgan fingerprint density at radius 2 is 1.44 bits per heavy atom. The highest BCUT2D eigenvalue weighted by molar-refractivity contribution is 5.75. The number of nitrogens with zero attached hydrogens (tertiary/aromatic N) is 3. The van der Waals surface area contributed by atoms with E-state index >= 15 is 0 Å². The van der Waals surface area contributed by atoms with E-state index in [2.05, 4.69) is 15.4 Å². The van der Waals surface area contributed by atoms with Crippen molar-refractivity contribution in [3.05, 3.63) is 18.5 Å². The van der Waals surface area contributed by atoms with Gasteiger partial charge in [0.1, 0.15) is 0 Å². The van der Waals surface area contributed by atoms with Crippen LogP contribution in [0.4, 0.5) is 0 Å². The van der Waals surface area contributed by atoms with Crippen LogP contribution in [0, 0.1) is 0 Å². The summed E-state index contributed by atoms with van der Waals surface area (Å²) in [6, 6.07) is 1.72. The fourth-order valence-corrected chi connectivity index (χ4v) is 0.205. The van der Waals surface area contributed by atoms with Gasteiger partial charge < -0.3 is 6.15 Å². The SMILES string of the molecule is C.N.[SiH4].c1cnnnc1. The van der Waals surface area contributed by atoms with Crippen LogP contribution < -0.4 is 6.15 Å². The molecule has 0 radical (unpaired) electrons. The normalized spacial score (nSPS) is 5.33. The highest BCUT2D eigenvalue weighted by Crippen LogP contribution is 1.61. The highest BCUT2D eigenvalue weighted by Gasteiger charge is 1.60. The second-order valence-corrected chi connectivity index (χ2v) is 0.811. The molecule has 1 heterocycles. The van der Waals surface area contributed by atoms with E-state index in [4.69, 9.17) is 0 Å². The van der Waals surface area contributed by atoms with E-state index < -0.39 is 0 Å². The summed E-state index contributed by atoms with van der Waals surface area (Å²) in [5.41, 5.74) is 0. The quantitative estimate of drug-likeness (QED) is 0.487. The lowest BCUT2D eigenvalue weighted by molar-refractivity contribution is 0.865. The average Bonchev–Trinajstić information content (AvgIpc) is 1.72. The van der Waals surface area contributed by atoms with Crippen molar-refractivity contribution >= 4 is 11.0 Å². The molecule has 0 amide bonds. The Labute approximate surface area is 59.3 Å². The van der Waals surface area contributed by atoms with Crippen molar-refractivity contribution in [3.8, 4) is 0 Å². The highest BCUT2D eigenvalue weighted by atomic mass is 28.1. The molecule has 3 N–H and O–H groups in total. The molecule has 0 spiro atoms. The summed E-state index contributed by atoms with van der Waals surface area (Å²) in [6.07, 6.45) is 3.15. The Kier molecular flexibility index (Phi) is 17.9. The minimum Gasteiger partial charge on any atom is -0.344 e. The molecule has 0 saturated carbocycles. The lowest BCUT2D eigenvalue weighted by atomic mass is 10.7. The van der Waals surface area contributed by atoms with Crippen molar-refractivity contribution in [1.29, 1.82) is 0 Å². The molecule has 1 aromatic heterocycles. The van der Waals surface area contributed by atoms with Gasteiger partial charge in [-0.2, -0.15) is 0 Å². The Morgan fingerprint density at radius 3 is 1.56 bits per heavy atom. The van der Waals surface area contributed by atoms with E-state index in [0.29, 0.717) is 0 Å². The van der Waals surface area contributed by atoms with Crippen molar-refractivity contribution in [1.82, 2.24) is 21.6 Å². The van der Waals surface area contributed by atoms with Crippen LogP contribution in [-0.2, 0) is 0 Å². The fourth-order valence-electron chi connectivity index (χ4n) is 0.205. The van der Waals surface area contributed by atoms with E-state index in [1.807, 2.05) is 0 Å². The first-order valence-electron chi connectivity index (χ1n) is 1.58. The molecule has 0 unspecified atom stereocenters. The smallest absolute Gasteiger partial charge is 0.0529 e. The lowest BCUT2D eigenvalue weighted by Gasteiger charge is -1.68. The molecule has 9 heavy (non-hydrogen) atoms. The van der Waals surface area contributed by atoms with Crippen LogP contribution in [0.3, 0.4) is 0 Å². The Hall–Kier alpha value is -0.813. The summed E-state index contributed by atoms with van der Waals surface area (Å²) >= 11 is 0. The van der Waals surface area contributed by atoms with Crippen LogP contribution in [0.25, 0.3) is 0 Å². The minimum atomic E-state index is 0. The summed E-state index contributed by atoms with van der Waals surface area (Å²) in [4.78, 5) is 0. The van der Waals surface area contributed by atoms with E-state index in [1.54, 1.807) is 18.5 Å². The van der Waals surface area contributed by atoms with Gasteiger partial charge in [0.05, 0.1) is 12.4 Å². The van der Waals surface area contributed by atoms with E-state index in [1.165, 1.54) is 0 Å². The lowest BCUT2D eigenvalue weighted by Crippen LogP contribution is -1.78. The monoisotopic (exact) mass is 146 g/mol. The molecule has 0 aliphatic carbocycles. The van der Waals surface area contributed by atoms with Gasteiger partial charge in [0.25, 0.3) is 0 Å². The topological polar surface area (TPSA) is 73.7 Å². The second kappa shape index (κ2) is 10.2. The van der Waals surface area contributed by atoms with Gasteiger partial charge in [-0.15, -0.1) is 10.2 Å². The van der Waals surface area contributed by atoms with E-state index in [9.17, 15) is 0 Å². The summed E-state index contributed by atoms with van der Waals surface area (Å²) < 4.78 is 0. The van der Waals surface area contributed by atoms with Crippen LogP contribution in [-0.4, -0.2) is 26.4 Å². The second-order valence-electron chi connectivity index (χ2n) is 0.811. The zero-order valence-corrected chi connectivity index (χ0v) is 3.78. The molecular weight excluding hydrogens is 132 g/mol. The Bertz CT molecular complexity index is 84.5. The minimum absolute atomic E-state index is 0. The van der Waals surface area contributed by atoms with Crippen molar-refractivity contribution in [3.63, 3.8) is 0 Å². The molecule has 5 heteroatoms.